The van der Waals surface area contributed by atoms with Crippen molar-refractivity contribution in [2.45, 2.75) is 38.5 Å². The summed E-state index contributed by atoms with van der Waals surface area (Å²) in [7, 11) is 1.66. The van der Waals surface area contributed by atoms with Gasteiger partial charge in [0.25, 0.3) is 0 Å². The van der Waals surface area contributed by atoms with Crippen LogP contribution in [0.25, 0.3) is 0 Å². The maximum Gasteiger partial charge on any atom is 0.338 e. The Labute approximate surface area is 107 Å². The second-order valence-corrected chi connectivity index (χ2v) is 4.23. The Hall–Kier alpha value is -1.40. The molecular formula is C12H21N3O3. The van der Waals surface area contributed by atoms with E-state index in [4.69, 9.17) is 9.84 Å². The molecule has 1 aliphatic rings. The molecule has 102 valence electrons. The van der Waals surface area contributed by atoms with E-state index >= 15 is 0 Å². The Bertz CT molecular complexity index is 354. The van der Waals surface area contributed by atoms with Gasteiger partial charge in [0.15, 0.2) is 5.79 Å². The number of nitrogens with one attached hydrogen (secondary N) is 2. The summed E-state index contributed by atoms with van der Waals surface area (Å²) in [6.07, 6.45) is 4.47. The van der Waals surface area contributed by atoms with Crippen LogP contribution in [0.5, 0.6) is 0 Å². The van der Waals surface area contributed by atoms with Crippen LogP contribution in [0.4, 0.5) is 0 Å². The van der Waals surface area contributed by atoms with E-state index in [1.54, 1.807) is 7.11 Å². The fourth-order valence-corrected chi connectivity index (χ4v) is 1.74. The average Bonchev–Trinajstić information content (AvgIpc) is 2.38. The number of aliphatic carboxylic acids is 1. The molecule has 3 N–H and O–H groups in total. The summed E-state index contributed by atoms with van der Waals surface area (Å²) in [5.41, 5.74) is 0.153. The first-order valence-corrected chi connectivity index (χ1v) is 6.10. The van der Waals surface area contributed by atoms with Gasteiger partial charge in [-0.15, -0.1) is 0 Å². The van der Waals surface area contributed by atoms with Gasteiger partial charge in [0.2, 0.25) is 0 Å². The smallest absolute Gasteiger partial charge is 0.338 e. The highest BCUT2D eigenvalue weighted by Crippen LogP contribution is 2.15. The van der Waals surface area contributed by atoms with E-state index in [0.717, 1.165) is 6.42 Å². The molecule has 0 saturated heterocycles. The van der Waals surface area contributed by atoms with Crippen LogP contribution in [0, 0.1) is 0 Å². The van der Waals surface area contributed by atoms with Crippen molar-refractivity contribution < 1.29 is 14.6 Å². The highest BCUT2D eigenvalue weighted by atomic mass is 16.5. The van der Waals surface area contributed by atoms with Crippen molar-refractivity contribution in [3.8, 4) is 0 Å². The van der Waals surface area contributed by atoms with Crippen molar-refractivity contribution in [1.29, 1.82) is 0 Å². The van der Waals surface area contributed by atoms with Crippen LogP contribution in [0.1, 0.15) is 26.7 Å². The Balaban J connectivity index is 2.72. The van der Waals surface area contributed by atoms with E-state index in [1.165, 1.54) is 12.4 Å². The third kappa shape index (κ3) is 3.54. The van der Waals surface area contributed by atoms with Gasteiger partial charge in [0.1, 0.15) is 0 Å². The number of ether oxygens (including phenoxy) is 1. The first kappa shape index (κ1) is 14.7. The van der Waals surface area contributed by atoms with Crippen LogP contribution in [-0.2, 0) is 9.53 Å². The van der Waals surface area contributed by atoms with E-state index in [-0.39, 0.29) is 11.6 Å². The van der Waals surface area contributed by atoms with Crippen LogP contribution in [0.15, 0.2) is 16.8 Å². The number of aliphatic imine (C=N–C) groups is 1. The molecule has 1 heterocycles. The molecule has 6 nitrogen and oxygen atoms in total. The number of rotatable bonds is 7. The maximum absolute atomic E-state index is 10.8. The molecule has 0 aliphatic carbocycles. The Kier molecular flexibility index (Phi) is 5.30. The van der Waals surface area contributed by atoms with E-state index < -0.39 is 11.8 Å². The van der Waals surface area contributed by atoms with Crippen LogP contribution < -0.4 is 10.6 Å². The summed E-state index contributed by atoms with van der Waals surface area (Å²) in [5.74, 6) is -1.63. The number of hydrogen-bond donors (Lipinski definition) is 3. The molecule has 0 radical (unpaired) electrons. The number of carboxylic acid groups (broad SMARTS) is 1. The summed E-state index contributed by atoms with van der Waals surface area (Å²) in [6.45, 7) is 4.63. The molecule has 0 aromatic rings. The molecule has 0 amide bonds. The second kappa shape index (κ2) is 6.51. The minimum atomic E-state index is -0.986. The van der Waals surface area contributed by atoms with Crippen LogP contribution in [0.2, 0.25) is 0 Å². The quantitative estimate of drug-likeness (QED) is 0.624. The van der Waals surface area contributed by atoms with Gasteiger partial charge in [0, 0.05) is 32.0 Å². The first-order chi connectivity index (χ1) is 8.56. The van der Waals surface area contributed by atoms with E-state index in [0.29, 0.717) is 13.0 Å². The van der Waals surface area contributed by atoms with Crippen molar-refractivity contribution in [2.75, 3.05) is 13.7 Å². The molecule has 0 aromatic heterocycles. The molecule has 18 heavy (non-hydrogen) atoms. The number of hydrogen-bond acceptors (Lipinski definition) is 5. The summed E-state index contributed by atoms with van der Waals surface area (Å²) >= 11 is 0. The molecule has 0 fully saturated rings. The van der Waals surface area contributed by atoms with Gasteiger partial charge in [-0.05, 0) is 6.42 Å². The fraction of sp³-hybridized carbons (Fsp3) is 0.667. The summed E-state index contributed by atoms with van der Waals surface area (Å²) in [4.78, 5) is 15.1. The van der Waals surface area contributed by atoms with Gasteiger partial charge in [-0.25, -0.2) is 9.79 Å². The van der Waals surface area contributed by atoms with Gasteiger partial charge in [-0.1, -0.05) is 13.8 Å². The van der Waals surface area contributed by atoms with Gasteiger partial charge in [-0.2, -0.15) is 0 Å². The predicted octanol–water partition coefficient (Wildman–Crippen LogP) is 0.707. The zero-order valence-electron chi connectivity index (χ0n) is 11.1. The minimum absolute atomic E-state index is 0.153. The Morgan fingerprint density at radius 1 is 1.67 bits per heavy atom. The average molecular weight is 255 g/mol. The van der Waals surface area contributed by atoms with Crippen molar-refractivity contribution in [2.24, 2.45) is 4.99 Å². The number of carboxylic acids is 1. The standard InChI is InChI=1S/C12H21N3O3/c1-4-10(8-18-3)15-12(5-2)13-6-9(7-14-12)11(16)17/h6-7,10,13,15H,4-5,8H2,1-3H3,(H,16,17). The summed E-state index contributed by atoms with van der Waals surface area (Å²) < 4.78 is 5.13. The van der Waals surface area contributed by atoms with Gasteiger partial charge in [0.05, 0.1) is 12.2 Å². The molecule has 1 aliphatic heterocycles. The zero-order chi connectivity index (χ0) is 13.6. The van der Waals surface area contributed by atoms with Gasteiger partial charge >= 0.3 is 5.97 Å². The summed E-state index contributed by atoms with van der Waals surface area (Å²) in [6, 6.07) is 0.166. The molecule has 0 bridgehead atoms. The molecule has 6 heteroatoms. The molecular weight excluding hydrogens is 234 g/mol. The zero-order valence-corrected chi connectivity index (χ0v) is 11.1. The predicted molar refractivity (Wildman–Crippen MR) is 69.5 cm³/mol. The lowest BCUT2D eigenvalue weighted by molar-refractivity contribution is -0.132. The number of methoxy groups -OCH3 is 1. The SMILES string of the molecule is CCC(COC)NC1(CC)N=CC(C(=O)O)=CN1. The molecule has 0 spiro atoms. The van der Waals surface area contributed by atoms with Crippen LogP contribution >= 0.6 is 0 Å². The van der Waals surface area contributed by atoms with Gasteiger partial charge in [-0.3, -0.25) is 5.32 Å². The largest absolute Gasteiger partial charge is 0.478 e. The fourth-order valence-electron chi connectivity index (χ4n) is 1.74. The Morgan fingerprint density at radius 3 is 2.78 bits per heavy atom. The third-order valence-corrected chi connectivity index (χ3v) is 2.95. The second-order valence-electron chi connectivity index (χ2n) is 4.23. The normalized spacial score (nSPS) is 24.3. The minimum Gasteiger partial charge on any atom is -0.478 e. The third-order valence-electron chi connectivity index (χ3n) is 2.95. The summed E-state index contributed by atoms with van der Waals surface area (Å²) in [5, 5.41) is 15.2. The van der Waals surface area contributed by atoms with Gasteiger partial charge < -0.3 is 15.2 Å². The van der Waals surface area contributed by atoms with Crippen molar-refractivity contribution >= 4 is 12.2 Å². The lowest BCUT2D eigenvalue weighted by atomic mass is 10.1. The molecule has 2 atom stereocenters. The topological polar surface area (TPSA) is 83.0 Å². The molecule has 1 rings (SSSR count). The lowest BCUT2D eigenvalue weighted by Gasteiger charge is -2.35. The monoisotopic (exact) mass is 255 g/mol. The highest BCUT2D eigenvalue weighted by Gasteiger charge is 2.30. The van der Waals surface area contributed by atoms with Crippen LogP contribution in [0.3, 0.4) is 0 Å². The molecule has 0 aromatic carbocycles. The lowest BCUT2D eigenvalue weighted by Crippen LogP contribution is -2.59. The van der Waals surface area contributed by atoms with Crippen molar-refractivity contribution in [3.05, 3.63) is 11.8 Å². The van der Waals surface area contributed by atoms with E-state index in [9.17, 15) is 4.79 Å². The molecule has 2 unspecified atom stereocenters. The van der Waals surface area contributed by atoms with E-state index in [2.05, 4.69) is 22.5 Å². The number of nitrogens with zero attached hydrogens (tertiary/aromatic N) is 1. The highest BCUT2D eigenvalue weighted by molar-refractivity contribution is 6.08. The first-order valence-electron chi connectivity index (χ1n) is 6.10. The molecule has 0 saturated carbocycles. The van der Waals surface area contributed by atoms with Crippen molar-refractivity contribution in [3.63, 3.8) is 0 Å². The van der Waals surface area contributed by atoms with Crippen LogP contribution in [-0.4, -0.2) is 42.8 Å². The van der Waals surface area contributed by atoms with E-state index in [1.807, 2.05) is 6.92 Å². The Morgan fingerprint density at radius 2 is 2.39 bits per heavy atom. The maximum atomic E-state index is 10.8. The number of carbonyl (C=O) groups is 1. The van der Waals surface area contributed by atoms with Crippen molar-refractivity contribution in [1.82, 2.24) is 10.6 Å².